The van der Waals surface area contributed by atoms with Crippen LogP contribution in [0, 0.1) is 13.8 Å². The molecule has 9 aromatic rings. The van der Waals surface area contributed by atoms with E-state index in [0.29, 0.717) is 0 Å². The van der Waals surface area contributed by atoms with Gasteiger partial charge in [0.05, 0.1) is 22.4 Å². The monoisotopic (exact) mass is 612 g/mol. The minimum absolute atomic E-state index is 0.951. The number of fused-ring (bicyclic) bond motifs is 6. The van der Waals surface area contributed by atoms with E-state index in [1.165, 1.54) is 54.9 Å². The van der Waals surface area contributed by atoms with Crippen molar-refractivity contribution in [2.75, 3.05) is 0 Å². The van der Waals surface area contributed by atoms with Gasteiger partial charge in [0.1, 0.15) is 0 Å². The Kier molecular flexibility index (Phi) is 6.62. The van der Waals surface area contributed by atoms with Crippen molar-refractivity contribution >= 4 is 43.4 Å². The van der Waals surface area contributed by atoms with Crippen LogP contribution in [0.15, 0.2) is 158 Å². The molecule has 0 aliphatic rings. The lowest BCUT2D eigenvalue weighted by Crippen LogP contribution is -1.91. The molecule has 9 rings (SSSR count). The predicted octanol–water partition coefficient (Wildman–Crippen LogP) is 12.4. The summed E-state index contributed by atoms with van der Waals surface area (Å²) in [5.74, 6) is 0. The Morgan fingerprint density at radius 1 is 0.333 bits per heavy atom. The molecule has 226 valence electrons. The lowest BCUT2D eigenvalue weighted by Gasteiger charge is -2.11. The average molecular weight is 613 g/mol. The molecule has 0 aliphatic carbocycles. The number of hydrogen-bond acceptors (Lipinski definition) is 2. The van der Waals surface area contributed by atoms with Crippen LogP contribution in [0.1, 0.15) is 11.1 Å². The summed E-state index contributed by atoms with van der Waals surface area (Å²) in [6.45, 7) is 4.34. The van der Waals surface area contributed by atoms with Crippen LogP contribution >= 0.6 is 0 Å². The molecule has 0 spiro atoms. The van der Waals surface area contributed by atoms with E-state index in [1.807, 2.05) is 0 Å². The SMILES string of the molecule is Cc1ccccc1-c1ccc2ccc3ccc(-c4cccc(-c5ccc6ccc7ccc(-c8ccccc8C)cc7c6n5)c4)nc3c2c1. The zero-order valence-electron chi connectivity index (χ0n) is 26.9. The van der Waals surface area contributed by atoms with E-state index in [2.05, 4.69) is 172 Å². The smallest absolute Gasteiger partial charge is 0.0788 e. The molecule has 0 unspecified atom stereocenters. The molecule has 7 aromatic carbocycles. The zero-order valence-corrected chi connectivity index (χ0v) is 26.9. The van der Waals surface area contributed by atoms with Crippen molar-refractivity contribution in [2.45, 2.75) is 13.8 Å². The number of aromatic nitrogens is 2. The van der Waals surface area contributed by atoms with E-state index in [9.17, 15) is 0 Å². The topological polar surface area (TPSA) is 25.8 Å². The Balaban J connectivity index is 1.15. The van der Waals surface area contributed by atoms with Crippen molar-refractivity contribution in [3.63, 3.8) is 0 Å². The standard InChI is InChI=1S/C46H32N2/c1-29-8-3-5-12-39(29)35-20-16-31-14-18-33-22-24-43(47-45(33)41(31)27-35)37-10-7-11-38(26-37)44-25-23-34-19-15-32-17-21-36(28-42(32)46(34)48-44)40-13-6-4-9-30(40)2/h3-28H,1-2H3. The fourth-order valence-corrected chi connectivity index (χ4v) is 7.10. The molecule has 2 heterocycles. The van der Waals surface area contributed by atoms with Crippen LogP contribution < -0.4 is 0 Å². The van der Waals surface area contributed by atoms with E-state index in [1.54, 1.807) is 0 Å². The van der Waals surface area contributed by atoms with Gasteiger partial charge in [0.15, 0.2) is 0 Å². The third-order valence-electron chi connectivity index (χ3n) is 9.72. The summed E-state index contributed by atoms with van der Waals surface area (Å²) < 4.78 is 0. The highest BCUT2D eigenvalue weighted by molar-refractivity contribution is 6.08. The maximum Gasteiger partial charge on any atom is 0.0788 e. The first-order chi connectivity index (χ1) is 23.6. The van der Waals surface area contributed by atoms with Crippen LogP contribution in [0.2, 0.25) is 0 Å². The fraction of sp³-hybridized carbons (Fsp3) is 0.0435. The molecular formula is C46H32N2. The molecule has 2 heteroatoms. The normalized spacial score (nSPS) is 11.5. The Hall–Kier alpha value is -6.12. The first kappa shape index (κ1) is 28.1. The summed E-state index contributed by atoms with van der Waals surface area (Å²) in [5.41, 5.74) is 13.5. The van der Waals surface area contributed by atoms with Crippen LogP contribution in [0.4, 0.5) is 0 Å². The molecule has 48 heavy (non-hydrogen) atoms. The minimum atomic E-state index is 0.951. The summed E-state index contributed by atoms with van der Waals surface area (Å²) in [6, 6.07) is 56.6. The van der Waals surface area contributed by atoms with Gasteiger partial charge in [-0.1, -0.05) is 127 Å². The average Bonchev–Trinajstić information content (AvgIpc) is 3.14. The molecule has 0 saturated heterocycles. The van der Waals surface area contributed by atoms with E-state index in [0.717, 1.165) is 44.3 Å². The van der Waals surface area contributed by atoms with Gasteiger partial charge in [-0.2, -0.15) is 0 Å². The van der Waals surface area contributed by atoms with E-state index < -0.39 is 0 Å². The summed E-state index contributed by atoms with van der Waals surface area (Å²) in [5, 5.41) is 6.99. The second-order valence-electron chi connectivity index (χ2n) is 12.8. The van der Waals surface area contributed by atoms with Gasteiger partial charge in [0, 0.05) is 32.7 Å². The second-order valence-corrected chi connectivity index (χ2v) is 12.8. The third kappa shape index (κ3) is 4.82. The quantitative estimate of drug-likeness (QED) is 0.185. The summed E-state index contributed by atoms with van der Waals surface area (Å²) >= 11 is 0. The molecule has 0 saturated carbocycles. The Labute approximate surface area is 280 Å². The molecular weight excluding hydrogens is 581 g/mol. The van der Waals surface area contributed by atoms with Gasteiger partial charge in [-0.3, -0.25) is 0 Å². The van der Waals surface area contributed by atoms with Gasteiger partial charge in [-0.15, -0.1) is 0 Å². The van der Waals surface area contributed by atoms with Gasteiger partial charge >= 0.3 is 0 Å². The fourth-order valence-electron chi connectivity index (χ4n) is 7.10. The molecule has 0 amide bonds. The number of aryl methyl sites for hydroxylation is 2. The first-order valence-corrected chi connectivity index (χ1v) is 16.5. The van der Waals surface area contributed by atoms with Crippen molar-refractivity contribution in [1.82, 2.24) is 9.97 Å². The highest BCUT2D eigenvalue weighted by Crippen LogP contribution is 2.35. The summed E-state index contributed by atoms with van der Waals surface area (Å²) in [6.07, 6.45) is 0. The number of pyridine rings is 2. The molecule has 0 bridgehead atoms. The van der Waals surface area contributed by atoms with Crippen LogP contribution in [0.5, 0.6) is 0 Å². The highest BCUT2D eigenvalue weighted by atomic mass is 14.7. The molecule has 0 atom stereocenters. The maximum atomic E-state index is 5.28. The zero-order chi connectivity index (χ0) is 32.2. The van der Waals surface area contributed by atoms with Gasteiger partial charge < -0.3 is 0 Å². The van der Waals surface area contributed by atoms with Gasteiger partial charge in [-0.05, 0) is 88.3 Å². The van der Waals surface area contributed by atoms with Crippen LogP contribution in [-0.4, -0.2) is 9.97 Å². The molecule has 0 fully saturated rings. The van der Waals surface area contributed by atoms with Crippen molar-refractivity contribution < 1.29 is 0 Å². The molecule has 2 nitrogen and oxygen atoms in total. The van der Waals surface area contributed by atoms with Crippen molar-refractivity contribution in [1.29, 1.82) is 0 Å². The third-order valence-corrected chi connectivity index (χ3v) is 9.72. The molecule has 0 N–H and O–H groups in total. The Morgan fingerprint density at radius 3 is 1.23 bits per heavy atom. The lowest BCUT2D eigenvalue weighted by molar-refractivity contribution is 1.39. The Morgan fingerprint density at radius 2 is 0.750 bits per heavy atom. The van der Waals surface area contributed by atoms with E-state index in [4.69, 9.17) is 9.97 Å². The van der Waals surface area contributed by atoms with Gasteiger partial charge in [0.25, 0.3) is 0 Å². The number of hydrogen-bond donors (Lipinski definition) is 0. The van der Waals surface area contributed by atoms with Gasteiger partial charge in [0.2, 0.25) is 0 Å². The van der Waals surface area contributed by atoms with Crippen LogP contribution in [0.25, 0.3) is 88.1 Å². The summed E-state index contributed by atoms with van der Waals surface area (Å²) in [4.78, 5) is 10.6. The van der Waals surface area contributed by atoms with Crippen LogP contribution in [-0.2, 0) is 0 Å². The van der Waals surface area contributed by atoms with Gasteiger partial charge in [-0.25, -0.2) is 9.97 Å². The molecule has 0 aliphatic heterocycles. The lowest BCUT2D eigenvalue weighted by atomic mass is 9.96. The Bertz CT molecular complexity index is 2520. The summed E-state index contributed by atoms with van der Waals surface area (Å²) in [7, 11) is 0. The van der Waals surface area contributed by atoms with Crippen LogP contribution in [0.3, 0.4) is 0 Å². The first-order valence-electron chi connectivity index (χ1n) is 16.5. The maximum absolute atomic E-state index is 5.28. The predicted molar refractivity (Wildman–Crippen MR) is 203 cm³/mol. The van der Waals surface area contributed by atoms with Crippen molar-refractivity contribution in [2.24, 2.45) is 0 Å². The largest absolute Gasteiger partial charge is 0.247 e. The van der Waals surface area contributed by atoms with E-state index in [-0.39, 0.29) is 0 Å². The number of benzene rings is 7. The molecule has 0 radical (unpaired) electrons. The van der Waals surface area contributed by atoms with E-state index >= 15 is 0 Å². The minimum Gasteiger partial charge on any atom is -0.247 e. The van der Waals surface area contributed by atoms with Crippen molar-refractivity contribution in [3.05, 3.63) is 169 Å². The van der Waals surface area contributed by atoms with Crippen molar-refractivity contribution in [3.8, 4) is 44.8 Å². The highest BCUT2D eigenvalue weighted by Gasteiger charge is 2.12. The molecule has 2 aromatic heterocycles. The number of rotatable bonds is 4. The number of nitrogens with zero attached hydrogens (tertiary/aromatic N) is 2. The second kappa shape index (κ2) is 11.3.